The summed E-state index contributed by atoms with van der Waals surface area (Å²) in [5.74, 6) is 1.35. The van der Waals surface area contributed by atoms with Crippen molar-refractivity contribution in [1.82, 2.24) is 10.3 Å². The SMILES string of the molecule is COc1cc(-c2cncc(CN(c3ccc(OC(F)(F)F)cc3)C3CCNCC3)c2)cc(OC)c1OC.Cl.Cl. The number of ether oxygens (including phenoxy) is 4. The van der Waals surface area contributed by atoms with Crippen LogP contribution in [0.2, 0.25) is 0 Å². The largest absolute Gasteiger partial charge is 0.573 e. The summed E-state index contributed by atoms with van der Waals surface area (Å²) in [6.07, 6.45) is 0.676. The lowest BCUT2D eigenvalue weighted by Gasteiger charge is -2.36. The quantitative estimate of drug-likeness (QED) is 0.315. The van der Waals surface area contributed by atoms with Gasteiger partial charge in [0.25, 0.3) is 0 Å². The molecule has 1 aliphatic heterocycles. The maximum Gasteiger partial charge on any atom is 0.573 e. The van der Waals surface area contributed by atoms with E-state index >= 15 is 0 Å². The zero-order chi connectivity index (χ0) is 26.4. The number of piperidine rings is 1. The number of anilines is 1. The summed E-state index contributed by atoms with van der Waals surface area (Å²) in [7, 11) is 4.69. The standard InChI is InChI=1S/C27H30F3N3O4.2ClH/c1-34-24-13-19(14-25(35-2)26(24)36-3)20-12-18(15-32-16-20)17-33(22-8-10-31-11-9-22)21-4-6-23(7-5-21)37-27(28,29)30;;/h4-7,12-16,22,31H,8-11,17H2,1-3H3;2*1H. The number of halogens is 5. The summed E-state index contributed by atoms with van der Waals surface area (Å²) in [6.45, 7) is 2.29. The van der Waals surface area contributed by atoms with Gasteiger partial charge in [0.1, 0.15) is 5.75 Å². The van der Waals surface area contributed by atoms with Gasteiger partial charge in [0, 0.05) is 36.2 Å². The molecule has 0 unspecified atom stereocenters. The summed E-state index contributed by atoms with van der Waals surface area (Å²) in [5, 5.41) is 3.36. The van der Waals surface area contributed by atoms with Crippen LogP contribution in [-0.2, 0) is 6.54 Å². The van der Waals surface area contributed by atoms with Crippen molar-refractivity contribution in [2.24, 2.45) is 0 Å². The molecule has 1 N–H and O–H groups in total. The molecule has 1 fully saturated rings. The lowest BCUT2D eigenvalue weighted by molar-refractivity contribution is -0.274. The number of rotatable bonds is 9. The third-order valence-corrected chi connectivity index (χ3v) is 6.30. The average molecular weight is 590 g/mol. The van der Waals surface area contributed by atoms with Crippen molar-refractivity contribution in [2.75, 3.05) is 39.3 Å². The minimum Gasteiger partial charge on any atom is -0.493 e. The Kier molecular flexibility index (Phi) is 11.8. The molecule has 1 aromatic heterocycles. The molecule has 214 valence electrons. The molecule has 0 radical (unpaired) electrons. The van der Waals surface area contributed by atoms with Crippen molar-refractivity contribution in [3.05, 3.63) is 60.4 Å². The minimum atomic E-state index is -4.73. The van der Waals surface area contributed by atoms with Crippen LogP contribution in [0.5, 0.6) is 23.0 Å². The van der Waals surface area contributed by atoms with Gasteiger partial charge in [-0.05, 0) is 79.5 Å². The molecule has 2 heterocycles. The van der Waals surface area contributed by atoms with E-state index in [0.717, 1.165) is 48.3 Å². The van der Waals surface area contributed by atoms with Gasteiger partial charge in [-0.2, -0.15) is 0 Å². The summed E-state index contributed by atoms with van der Waals surface area (Å²) in [5.41, 5.74) is 3.50. The highest BCUT2D eigenvalue weighted by atomic mass is 35.5. The Morgan fingerprint density at radius 2 is 1.49 bits per heavy atom. The smallest absolute Gasteiger partial charge is 0.493 e. The lowest BCUT2D eigenvalue weighted by Crippen LogP contribution is -2.43. The molecular formula is C27H32Cl2F3N3O4. The highest BCUT2D eigenvalue weighted by molar-refractivity contribution is 5.85. The number of nitrogens with zero attached hydrogens (tertiary/aromatic N) is 2. The zero-order valence-corrected chi connectivity index (χ0v) is 23.4. The van der Waals surface area contributed by atoms with E-state index in [-0.39, 0.29) is 36.6 Å². The molecule has 0 aliphatic carbocycles. The summed E-state index contributed by atoms with van der Waals surface area (Å²) in [6, 6.07) is 12.0. The summed E-state index contributed by atoms with van der Waals surface area (Å²) < 4.78 is 58.3. The predicted molar refractivity (Wildman–Crippen MR) is 149 cm³/mol. The van der Waals surface area contributed by atoms with Crippen LogP contribution in [0, 0.1) is 0 Å². The van der Waals surface area contributed by atoms with E-state index in [9.17, 15) is 13.2 Å². The van der Waals surface area contributed by atoms with Crippen LogP contribution in [0.15, 0.2) is 54.9 Å². The number of hydrogen-bond acceptors (Lipinski definition) is 7. The maximum absolute atomic E-state index is 12.6. The molecule has 3 aromatic rings. The maximum atomic E-state index is 12.6. The van der Waals surface area contributed by atoms with E-state index in [1.54, 1.807) is 45.9 Å². The number of alkyl halides is 3. The van der Waals surface area contributed by atoms with Gasteiger partial charge in [-0.3, -0.25) is 4.98 Å². The van der Waals surface area contributed by atoms with E-state index in [4.69, 9.17) is 14.2 Å². The molecule has 2 aromatic carbocycles. The van der Waals surface area contributed by atoms with Gasteiger partial charge in [0.15, 0.2) is 11.5 Å². The highest BCUT2D eigenvalue weighted by Gasteiger charge is 2.31. The molecule has 0 spiro atoms. The molecule has 4 rings (SSSR count). The Morgan fingerprint density at radius 3 is 2.03 bits per heavy atom. The van der Waals surface area contributed by atoms with Crippen molar-refractivity contribution in [3.8, 4) is 34.1 Å². The number of pyridine rings is 1. The van der Waals surface area contributed by atoms with E-state index < -0.39 is 6.36 Å². The topological polar surface area (TPSA) is 65.1 Å². The number of aromatic nitrogens is 1. The zero-order valence-electron chi connectivity index (χ0n) is 21.8. The van der Waals surface area contributed by atoms with Gasteiger partial charge in [0.2, 0.25) is 5.75 Å². The van der Waals surface area contributed by atoms with Gasteiger partial charge in [-0.15, -0.1) is 38.0 Å². The van der Waals surface area contributed by atoms with Crippen LogP contribution in [0.1, 0.15) is 18.4 Å². The fourth-order valence-corrected chi connectivity index (χ4v) is 4.57. The Balaban J connectivity index is 0.00000267. The molecule has 39 heavy (non-hydrogen) atoms. The van der Waals surface area contributed by atoms with E-state index in [0.29, 0.717) is 23.8 Å². The van der Waals surface area contributed by atoms with Crippen LogP contribution < -0.4 is 29.2 Å². The van der Waals surface area contributed by atoms with Gasteiger partial charge in [-0.1, -0.05) is 0 Å². The fraction of sp³-hybridized carbons (Fsp3) is 0.370. The second-order valence-corrected chi connectivity index (χ2v) is 8.65. The Labute approximate surface area is 238 Å². The van der Waals surface area contributed by atoms with Gasteiger partial charge < -0.3 is 29.2 Å². The van der Waals surface area contributed by atoms with Crippen molar-refractivity contribution < 1.29 is 32.1 Å². The predicted octanol–water partition coefficient (Wildman–Crippen LogP) is 6.28. The third-order valence-electron chi connectivity index (χ3n) is 6.30. The molecule has 0 atom stereocenters. The Morgan fingerprint density at radius 1 is 0.872 bits per heavy atom. The molecule has 1 aliphatic rings. The number of methoxy groups -OCH3 is 3. The third kappa shape index (κ3) is 8.20. The first-order valence-electron chi connectivity index (χ1n) is 11.9. The first-order valence-corrected chi connectivity index (χ1v) is 11.9. The number of hydrogen-bond donors (Lipinski definition) is 1. The van der Waals surface area contributed by atoms with Crippen molar-refractivity contribution in [1.29, 1.82) is 0 Å². The normalized spacial score (nSPS) is 13.5. The minimum absolute atomic E-state index is 0. The monoisotopic (exact) mass is 589 g/mol. The molecule has 0 saturated carbocycles. The molecule has 1 saturated heterocycles. The molecule has 7 nitrogen and oxygen atoms in total. The average Bonchev–Trinajstić information content (AvgIpc) is 2.91. The van der Waals surface area contributed by atoms with Gasteiger partial charge in [-0.25, -0.2) is 0 Å². The van der Waals surface area contributed by atoms with Gasteiger partial charge in [0.05, 0.1) is 21.3 Å². The molecule has 0 bridgehead atoms. The van der Waals surface area contributed by atoms with Crippen molar-refractivity contribution in [3.63, 3.8) is 0 Å². The van der Waals surface area contributed by atoms with E-state index in [1.165, 1.54) is 12.1 Å². The molecule has 12 heteroatoms. The van der Waals surface area contributed by atoms with Crippen molar-refractivity contribution in [2.45, 2.75) is 31.8 Å². The van der Waals surface area contributed by atoms with Crippen LogP contribution in [0.25, 0.3) is 11.1 Å². The Bertz CT molecular complexity index is 1170. The van der Waals surface area contributed by atoms with E-state index in [1.807, 2.05) is 18.2 Å². The van der Waals surface area contributed by atoms with E-state index in [2.05, 4.69) is 19.9 Å². The summed E-state index contributed by atoms with van der Waals surface area (Å²) in [4.78, 5) is 6.68. The lowest BCUT2D eigenvalue weighted by atomic mass is 10.0. The van der Waals surface area contributed by atoms with Crippen molar-refractivity contribution >= 4 is 30.5 Å². The van der Waals surface area contributed by atoms with Crippen LogP contribution in [0.4, 0.5) is 18.9 Å². The number of benzene rings is 2. The fourth-order valence-electron chi connectivity index (χ4n) is 4.57. The molecule has 0 amide bonds. The van der Waals surface area contributed by atoms with Crippen LogP contribution >= 0.6 is 24.8 Å². The first-order chi connectivity index (χ1) is 17.8. The number of nitrogens with one attached hydrogen (secondary N) is 1. The Hall–Kier alpha value is -3.08. The second-order valence-electron chi connectivity index (χ2n) is 8.65. The van der Waals surface area contributed by atoms with Gasteiger partial charge >= 0.3 is 6.36 Å². The van der Waals surface area contributed by atoms with Crippen LogP contribution in [-0.4, -0.2) is 51.8 Å². The highest BCUT2D eigenvalue weighted by Crippen LogP contribution is 2.41. The molecular weight excluding hydrogens is 558 g/mol. The first kappa shape index (κ1) is 32.1. The van der Waals surface area contributed by atoms with Crippen LogP contribution in [0.3, 0.4) is 0 Å². The second kappa shape index (κ2) is 14.3. The summed E-state index contributed by atoms with van der Waals surface area (Å²) >= 11 is 0.